The number of rotatable bonds is 1. The molecule has 1 aromatic carbocycles. The summed E-state index contributed by atoms with van der Waals surface area (Å²) in [6, 6.07) is 3.41. The molecule has 0 atom stereocenters. The zero-order valence-corrected chi connectivity index (χ0v) is 11.8. The van der Waals surface area contributed by atoms with E-state index in [0.717, 1.165) is 18.6 Å². The summed E-state index contributed by atoms with van der Waals surface area (Å²) in [7, 11) is 0. The molecule has 0 aromatic heterocycles. The van der Waals surface area contributed by atoms with Crippen LogP contribution in [-0.2, 0) is 11.0 Å². The third kappa shape index (κ3) is 3.59. The largest absolute Gasteiger partial charge is 0.416 e. The van der Waals surface area contributed by atoms with E-state index < -0.39 is 11.7 Å². The number of hydrogen-bond donors (Lipinski definition) is 1. The van der Waals surface area contributed by atoms with Crippen molar-refractivity contribution in [2.75, 3.05) is 36.8 Å². The zero-order chi connectivity index (χ0) is 15.6. The monoisotopic (exact) mass is 301 g/mol. The highest BCUT2D eigenvalue weighted by Gasteiger charge is 2.31. The van der Waals surface area contributed by atoms with Gasteiger partial charge in [-0.25, -0.2) is 0 Å². The standard InChI is InChI=1S/C14H18F3N3O/c1-10(21)19-5-2-6-20(8-7-19)13-4-3-11(9-12(13)18)14(15,16)17/h3-4,9H,2,5-8,18H2,1H3. The van der Waals surface area contributed by atoms with E-state index in [4.69, 9.17) is 5.73 Å². The van der Waals surface area contributed by atoms with Crippen LogP contribution in [0.2, 0.25) is 0 Å². The quantitative estimate of drug-likeness (QED) is 0.810. The summed E-state index contributed by atoms with van der Waals surface area (Å²) < 4.78 is 37.9. The average molecular weight is 301 g/mol. The van der Waals surface area contributed by atoms with E-state index in [1.54, 1.807) is 4.90 Å². The molecule has 4 nitrogen and oxygen atoms in total. The van der Waals surface area contributed by atoms with Crippen LogP contribution in [0.25, 0.3) is 0 Å². The summed E-state index contributed by atoms with van der Waals surface area (Å²) in [4.78, 5) is 15.0. The summed E-state index contributed by atoms with van der Waals surface area (Å²) >= 11 is 0. The number of amides is 1. The van der Waals surface area contributed by atoms with Gasteiger partial charge >= 0.3 is 6.18 Å². The molecular formula is C14H18F3N3O. The molecule has 7 heteroatoms. The fourth-order valence-corrected chi connectivity index (χ4v) is 2.49. The zero-order valence-electron chi connectivity index (χ0n) is 11.8. The van der Waals surface area contributed by atoms with Crippen LogP contribution in [-0.4, -0.2) is 37.0 Å². The molecule has 2 N–H and O–H groups in total. The number of anilines is 2. The van der Waals surface area contributed by atoms with Crippen molar-refractivity contribution in [1.82, 2.24) is 4.90 Å². The van der Waals surface area contributed by atoms with Crippen molar-refractivity contribution < 1.29 is 18.0 Å². The van der Waals surface area contributed by atoms with Crippen LogP contribution >= 0.6 is 0 Å². The van der Waals surface area contributed by atoms with Gasteiger partial charge in [0.15, 0.2) is 0 Å². The van der Waals surface area contributed by atoms with Gasteiger partial charge < -0.3 is 15.5 Å². The Kier molecular flexibility index (Phi) is 4.29. The second-order valence-electron chi connectivity index (χ2n) is 5.12. The Balaban J connectivity index is 2.17. The normalized spacial score (nSPS) is 16.8. The fourth-order valence-electron chi connectivity index (χ4n) is 2.49. The first-order valence-corrected chi connectivity index (χ1v) is 6.76. The van der Waals surface area contributed by atoms with Crippen molar-refractivity contribution >= 4 is 17.3 Å². The Hall–Kier alpha value is -1.92. The molecule has 1 aliphatic rings. The maximum Gasteiger partial charge on any atom is 0.416 e. The molecule has 1 amide bonds. The van der Waals surface area contributed by atoms with Crippen LogP contribution in [0.5, 0.6) is 0 Å². The first kappa shape index (κ1) is 15.5. The first-order chi connectivity index (χ1) is 9.79. The summed E-state index contributed by atoms with van der Waals surface area (Å²) in [5.41, 5.74) is 5.73. The SMILES string of the molecule is CC(=O)N1CCCN(c2ccc(C(F)(F)F)cc2N)CC1. The van der Waals surface area contributed by atoms with Gasteiger partial charge in [0.1, 0.15) is 0 Å². The van der Waals surface area contributed by atoms with Gasteiger partial charge in [0.2, 0.25) is 5.91 Å². The van der Waals surface area contributed by atoms with Crippen molar-refractivity contribution in [3.05, 3.63) is 23.8 Å². The van der Waals surface area contributed by atoms with Gasteiger partial charge in [-0.2, -0.15) is 13.2 Å². The van der Waals surface area contributed by atoms with Crippen LogP contribution in [0.3, 0.4) is 0 Å². The van der Waals surface area contributed by atoms with Crippen molar-refractivity contribution in [1.29, 1.82) is 0 Å². The Morgan fingerprint density at radius 2 is 1.90 bits per heavy atom. The number of nitrogen functional groups attached to an aromatic ring is 1. The van der Waals surface area contributed by atoms with Gasteiger partial charge in [0, 0.05) is 33.1 Å². The average Bonchev–Trinajstić information content (AvgIpc) is 2.63. The predicted molar refractivity (Wildman–Crippen MR) is 74.9 cm³/mol. The number of nitrogens with two attached hydrogens (primary N) is 1. The molecule has 0 aliphatic carbocycles. The number of hydrogen-bond acceptors (Lipinski definition) is 3. The van der Waals surface area contributed by atoms with Crippen LogP contribution in [0.4, 0.5) is 24.5 Å². The molecule has 2 rings (SSSR count). The number of nitrogens with zero attached hydrogens (tertiary/aromatic N) is 2. The Morgan fingerprint density at radius 3 is 2.48 bits per heavy atom. The molecule has 21 heavy (non-hydrogen) atoms. The highest BCUT2D eigenvalue weighted by molar-refractivity contribution is 5.73. The molecule has 1 saturated heterocycles. The smallest absolute Gasteiger partial charge is 0.397 e. The fraction of sp³-hybridized carbons (Fsp3) is 0.500. The lowest BCUT2D eigenvalue weighted by atomic mass is 10.1. The third-order valence-electron chi connectivity index (χ3n) is 3.64. The Bertz CT molecular complexity index is 531. The molecule has 1 heterocycles. The number of carbonyl (C=O) groups is 1. The van der Waals surface area contributed by atoms with Gasteiger partial charge in [-0.05, 0) is 24.6 Å². The predicted octanol–water partition coefficient (Wildman–Crippen LogP) is 2.35. The molecule has 0 radical (unpaired) electrons. The van der Waals surface area contributed by atoms with E-state index in [1.807, 2.05) is 4.90 Å². The van der Waals surface area contributed by atoms with Crippen LogP contribution < -0.4 is 10.6 Å². The maximum absolute atomic E-state index is 12.6. The van der Waals surface area contributed by atoms with E-state index in [2.05, 4.69) is 0 Å². The summed E-state index contributed by atoms with van der Waals surface area (Å²) in [6.45, 7) is 3.96. The molecule has 1 fully saturated rings. The van der Waals surface area contributed by atoms with Gasteiger partial charge in [-0.3, -0.25) is 4.79 Å². The lowest BCUT2D eigenvalue weighted by Gasteiger charge is -2.25. The molecule has 0 spiro atoms. The molecular weight excluding hydrogens is 283 g/mol. The van der Waals surface area contributed by atoms with Crippen molar-refractivity contribution in [3.8, 4) is 0 Å². The van der Waals surface area contributed by atoms with Crippen LogP contribution in [0, 0.1) is 0 Å². The van der Waals surface area contributed by atoms with E-state index in [9.17, 15) is 18.0 Å². The molecule has 1 aromatic rings. The number of alkyl halides is 3. The molecule has 0 bridgehead atoms. The number of halogens is 3. The van der Waals surface area contributed by atoms with Crippen molar-refractivity contribution in [2.24, 2.45) is 0 Å². The number of benzene rings is 1. The molecule has 0 saturated carbocycles. The molecule has 1 aliphatic heterocycles. The van der Waals surface area contributed by atoms with Gasteiger partial charge in [0.05, 0.1) is 16.9 Å². The summed E-state index contributed by atoms with van der Waals surface area (Å²) in [5.74, 6) is 0.0113. The topological polar surface area (TPSA) is 49.6 Å². The molecule has 0 unspecified atom stereocenters. The third-order valence-corrected chi connectivity index (χ3v) is 3.64. The maximum atomic E-state index is 12.6. The Labute approximate surface area is 121 Å². The summed E-state index contributed by atoms with van der Waals surface area (Å²) in [5, 5.41) is 0. The minimum atomic E-state index is -4.39. The highest BCUT2D eigenvalue weighted by atomic mass is 19.4. The second-order valence-corrected chi connectivity index (χ2v) is 5.12. The minimum absolute atomic E-state index is 0.0113. The van der Waals surface area contributed by atoms with E-state index >= 15 is 0 Å². The van der Waals surface area contributed by atoms with Gasteiger partial charge in [-0.1, -0.05) is 0 Å². The van der Waals surface area contributed by atoms with Crippen LogP contribution in [0.1, 0.15) is 18.9 Å². The summed E-state index contributed by atoms with van der Waals surface area (Å²) in [6.07, 6.45) is -3.63. The van der Waals surface area contributed by atoms with Gasteiger partial charge in [0.25, 0.3) is 0 Å². The lowest BCUT2D eigenvalue weighted by molar-refractivity contribution is -0.137. The van der Waals surface area contributed by atoms with E-state index in [1.165, 1.54) is 13.0 Å². The highest BCUT2D eigenvalue weighted by Crippen LogP contribution is 2.34. The minimum Gasteiger partial charge on any atom is -0.397 e. The molecule has 116 valence electrons. The van der Waals surface area contributed by atoms with Crippen molar-refractivity contribution in [3.63, 3.8) is 0 Å². The van der Waals surface area contributed by atoms with E-state index in [-0.39, 0.29) is 11.6 Å². The number of carbonyl (C=O) groups excluding carboxylic acids is 1. The first-order valence-electron chi connectivity index (χ1n) is 6.76. The van der Waals surface area contributed by atoms with Gasteiger partial charge in [-0.15, -0.1) is 0 Å². The Morgan fingerprint density at radius 1 is 1.19 bits per heavy atom. The second kappa shape index (κ2) is 5.83. The van der Waals surface area contributed by atoms with Crippen molar-refractivity contribution in [2.45, 2.75) is 19.5 Å². The van der Waals surface area contributed by atoms with Crippen LogP contribution in [0.15, 0.2) is 18.2 Å². The van der Waals surface area contributed by atoms with E-state index in [0.29, 0.717) is 31.9 Å². The lowest BCUT2D eigenvalue weighted by Crippen LogP contribution is -2.33.